The summed E-state index contributed by atoms with van der Waals surface area (Å²) in [5.41, 5.74) is 0. The normalized spacial score (nSPS) is 14.8. The van der Waals surface area contributed by atoms with Crippen molar-refractivity contribution in [3.63, 3.8) is 0 Å². The van der Waals surface area contributed by atoms with E-state index in [0.29, 0.717) is 25.7 Å². The second-order valence-corrected chi connectivity index (χ2v) is 18.0. The molecule has 0 saturated heterocycles. The second kappa shape index (κ2) is 53.9. The number of hydrogen-bond acceptors (Lipinski definition) is 10. The van der Waals surface area contributed by atoms with Crippen LogP contribution in [-0.2, 0) is 42.2 Å². The highest BCUT2D eigenvalue weighted by atomic mass is 31.2. The van der Waals surface area contributed by atoms with Crippen molar-refractivity contribution >= 4 is 25.7 Å². The largest absolute Gasteiger partial charge is 0.472 e. The topological polar surface area (TPSA) is 155 Å². The Hall–Kier alpha value is -5.42. The van der Waals surface area contributed by atoms with Gasteiger partial charge in [0.1, 0.15) is 12.7 Å². The zero-order valence-electron chi connectivity index (χ0n) is 45.0. The van der Waals surface area contributed by atoms with Crippen molar-refractivity contribution < 1.29 is 52.2 Å². The van der Waals surface area contributed by atoms with Crippen molar-refractivity contribution in [1.82, 2.24) is 0 Å². The van der Waals surface area contributed by atoms with Gasteiger partial charge in [-0.1, -0.05) is 203 Å². The highest BCUT2D eigenvalue weighted by Crippen LogP contribution is 2.43. The van der Waals surface area contributed by atoms with E-state index < -0.39 is 64.4 Å². The number of hydrogen-bond donors (Lipinski definition) is 2. The molecule has 0 aliphatic heterocycles. The average Bonchev–Trinajstić information content (AvgIpc) is 3.39. The third-order valence-corrected chi connectivity index (χ3v) is 10.8. The van der Waals surface area contributed by atoms with Crippen LogP contribution in [0.25, 0.3) is 0 Å². The Labute approximate surface area is 446 Å². The molecule has 410 valence electrons. The summed E-state index contributed by atoms with van der Waals surface area (Å²) in [6, 6.07) is 0. The first-order valence-electron chi connectivity index (χ1n) is 26.7. The quantitative estimate of drug-likeness (QED) is 0.0197. The Balaban J connectivity index is 5.06. The van der Waals surface area contributed by atoms with Crippen molar-refractivity contribution in [2.24, 2.45) is 0 Å². The highest BCUT2D eigenvalue weighted by Gasteiger charge is 2.28. The van der Waals surface area contributed by atoms with Crippen LogP contribution in [0.2, 0.25) is 0 Å². The van der Waals surface area contributed by atoms with Gasteiger partial charge in [-0.3, -0.25) is 23.4 Å². The Morgan fingerprint density at radius 2 is 0.689 bits per heavy atom. The van der Waals surface area contributed by atoms with Crippen molar-refractivity contribution in [3.8, 4) is 0 Å². The molecule has 0 saturated carbocycles. The number of aliphatic hydroxyl groups is 1. The maximum Gasteiger partial charge on any atom is 0.472 e. The summed E-state index contributed by atoms with van der Waals surface area (Å²) in [5, 5.41) is 9.77. The van der Waals surface area contributed by atoms with Gasteiger partial charge in [0.05, 0.1) is 32.7 Å². The molecule has 3 unspecified atom stereocenters. The number of phosphoric ester groups is 1. The maximum atomic E-state index is 12.9. The average molecular weight is 1040 g/mol. The second-order valence-electron chi connectivity index (χ2n) is 16.6. The van der Waals surface area contributed by atoms with Gasteiger partial charge < -0.3 is 24.2 Å². The number of carbonyl (C=O) groups excluding carboxylic acids is 3. The molecule has 0 aromatic carbocycles. The summed E-state index contributed by atoms with van der Waals surface area (Å²) >= 11 is 0. The van der Waals surface area contributed by atoms with Crippen molar-refractivity contribution in [3.05, 3.63) is 182 Å². The Morgan fingerprint density at radius 3 is 1.04 bits per heavy atom. The van der Waals surface area contributed by atoms with Crippen LogP contribution in [0.4, 0.5) is 0 Å². The van der Waals surface area contributed by atoms with E-state index in [0.717, 1.165) is 83.5 Å². The van der Waals surface area contributed by atoms with Crippen LogP contribution in [0.5, 0.6) is 0 Å². The van der Waals surface area contributed by atoms with Crippen LogP contribution >= 0.6 is 7.82 Å². The lowest BCUT2D eigenvalue weighted by molar-refractivity contribution is -0.161. The van der Waals surface area contributed by atoms with E-state index in [-0.39, 0.29) is 19.3 Å². The minimum absolute atomic E-state index is 0.0355. The lowest BCUT2D eigenvalue weighted by Gasteiger charge is -2.21. The fourth-order valence-electron chi connectivity index (χ4n) is 5.95. The molecule has 0 amide bonds. The number of rotatable bonds is 46. The van der Waals surface area contributed by atoms with Gasteiger partial charge in [0, 0.05) is 6.42 Å². The molecule has 0 aliphatic rings. The predicted octanol–water partition coefficient (Wildman–Crippen LogP) is 15.7. The Bertz CT molecular complexity index is 1940. The molecule has 0 aromatic heterocycles. The number of aliphatic hydroxyl groups excluding tert-OH is 1. The van der Waals surface area contributed by atoms with E-state index in [1.54, 1.807) is 12.2 Å². The molecule has 0 spiro atoms. The number of phosphoric acid groups is 1. The van der Waals surface area contributed by atoms with Gasteiger partial charge in [-0.05, 0) is 109 Å². The predicted molar refractivity (Wildman–Crippen MR) is 306 cm³/mol. The van der Waals surface area contributed by atoms with Crippen LogP contribution in [0.3, 0.4) is 0 Å². The molecule has 0 fully saturated rings. The lowest BCUT2D eigenvalue weighted by atomic mass is 10.2. The van der Waals surface area contributed by atoms with E-state index >= 15 is 0 Å². The summed E-state index contributed by atoms with van der Waals surface area (Å²) in [6.45, 7) is 3.95. The van der Waals surface area contributed by atoms with Crippen LogP contribution in [0, 0.1) is 0 Å². The molecular formula is C62H91O11P. The van der Waals surface area contributed by atoms with E-state index in [9.17, 15) is 28.9 Å². The van der Waals surface area contributed by atoms with Gasteiger partial charge in [0.15, 0.2) is 6.10 Å². The minimum Gasteiger partial charge on any atom is -0.461 e. The van der Waals surface area contributed by atoms with Crippen molar-refractivity contribution in [2.45, 2.75) is 161 Å². The van der Waals surface area contributed by atoms with Crippen LogP contribution in [0.1, 0.15) is 149 Å². The molecule has 3 atom stereocenters. The SMILES string of the molecule is CC/C=C\C/C=C\C/C=C\C/C=C\C/C=C\CCCC(=O)OC(COC(=O)C/C=C\C/C=C\C/C=C\C/C=C\C/C=C\CC)COP(=O)(O)OCC(CO)OC(=O)C/C=C\C/C=C\C/C=C\C/C=C\C/C=C\CC. The summed E-state index contributed by atoms with van der Waals surface area (Å²) in [7, 11) is -4.82. The Kier molecular flexibility index (Phi) is 49.9. The maximum absolute atomic E-state index is 12.9. The van der Waals surface area contributed by atoms with E-state index in [1.807, 2.05) is 48.6 Å². The molecule has 0 aromatic rings. The molecule has 0 radical (unpaired) electrons. The molecule has 11 nitrogen and oxygen atoms in total. The molecule has 0 bridgehead atoms. The number of unbranched alkanes of at least 4 members (excludes halogenated alkanes) is 1. The first-order valence-corrected chi connectivity index (χ1v) is 28.2. The third-order valence-electron chi connectivity index (χ3n) is 9.87. The van der Waals surface area contributed by atoms with Gasteiger partial charge >= 0.3 is 25.7 Å². The van der Waals surface area contributed by atoms with E-state index in [4.69, 9.17) is 23.3 Å². The zero-order valence-corrected chi connectivity index (χ0v) is 45.9. The summed E-state index contributed by atoms with van der Waals surface area (Å²) < 4.78 is 39.1. The number of carbonyl (C=O) groups is 3. The monoisotopic (exact) mass is 1040 g/mol. The zero-order chi connectivity index (χ0) is 54.1. The number of esters is 3. The highest BCUT2D eigenvalue weighted by molar-refractivity contribution is 7.47. The summed E-state index contributed by atoms with van der Waals surface area (Å²) in [6.07, 6.45) is 73.5. The molecule has 0 rings (SSSR count). The first kappa shape index (κ1) is 68.6. The van der Waals surface area contributed by atoms with Crippen LogP contribution in [0.15, 0.2) is 182 Å². The molecular weight excluding hydrogens is 952 g/mol. The van der Waals surface area contributed by atoms with Crippen molar-refractivity contribution in [2.75, 3.05) is 26.4 Å². The smallest absolute Gasteiger partial charge is 0.461 e. The van der Waals surface area contributed by atoms with Gasteiger partial charge in [-0.15, -0.1) is 0 Å². The molecule has 2 N–H and O–H groups in total. The van der Waals surface area contributed by atoms with Gasteiger partial charge in [0.25, 0.3) is 0 Å². The van der Waals surface area contributed by atoms with Crippen molar-refractivity contribution in [1.29, 1.82) is 0 Å². The minimum atomic E-state index is -4.82. The first-order chi connectivity index (χ1) is 36.2. The summed E-state index contributed by atoms with van der Waals surface area (Å²) in [4.78, 5) is 48.3. The van der Waals surface area contributed by atoms with Crippen LogP contribution in [-0.4, -0.2) is 66.5 Å². The Morgan fingerprint density at radius 1 is 0.392 bits per heavy atom. The van der Waals surface area contributed by atoms with Gasteiger partial charge in [-0.2, -0.15) is 0 Å². The van der Waals surface area contributed by atoms with E-state index in [2.05, 4.69) is 142 Å². The molecule has 0 heterocycles. The fourth-order valence-corrected chi connectivity index (χ4v) is 6.73. The molecule has 12 heteroatoms. The standard InChI is InChI=1S/C62H91O11P/c1-4-7-10-13-16-19-22-25-28-29-32-35-38-41-44-47-50-53-62(66)73-59(55-69-60(64)51-48-45-42-39-36-33-30-26-23-20-17-14-11-8-5-2)57-71-74(67,68)70-56-58(54-63)72-61(65)52-49-46-43-40-37-34-31-27-24-21-18-15-12-9-6-3/h7-12,16-21,25-28,30-32,35-37,39-41,44-46,48-49,58-59,63H,4-6,13-15,22-24,29,33-34,38,42-43,47,50-57H2,1-3H3,(H,67,68)/b10-7-,11-8-,12-9-,19-16-,20-17-,21-18-,28-25-,30-26-,31-27-,35-32-,39-36-,40-37-,44-41-,48-45-,49-46-. The molecule has 74 heavy (non-hydrogen) atoms. The fraction of sp³-hybridized carbons (Fsp3) is 0.468. The van der Waals surface area contributed by atoms with Gasteiger partial charge in [0.2, 0.25) is 0 Å². The van der Waals surface area contributed by atoms with E-state index in [1.165, 1.54) is 0 Å². The molecule has 0 aliphatic carbocycles. The summed E-state index contributed by atoms with van der Waals surface area (Å²) in [5.74, 6) is -1.86. The number of ether oxygens (including phenoxy) is 3. The van der Waals surface area contributed by atoms with Crippen LogP contribution < -0.4 is 0 Å². The third kappa shape index (κ3) is 51.5. The number of allylic oxidation sites excluding steroid dienone is 28. The van der Waals surface area contributed by atoms with Gasteiger partial charge in [-0.25, -0.2) is 4.57 Å². The lowest BCUT2D eigenvalue weighted by Crippen LogP contribution is -2.30.